The number of hydrogen-bond acceptors (Lipinski definition) is 8. The molecule has 0 radical (unpaired) electrons. The smallest absolute Gasteiger partial charge is 0.229 e. The van der Waals surface area contributed by atoms with Crippen LogP contribution in [0.25, 0.3) is 5.65 Å². The van der Waals surface area contributed by atoms with E-state index >= 15 is 0 Å². The van der Waals surface area contributed by atoms with Gasteiger partial charge in [-0.05, 0) is 68.9 Å². The number of pyridine rings is 1. The van der Waals surface area contributed by atoms with Gasteiger partial charge in [-0.2, -0.15) is 10.1 Å². The molecule has 3 aromatic heterocycles. The minimum Gasteiger partial charge on any atom is -0.390 e. The Balaban J connectivity index is 1.32. The number of anilines is 4. The summed E-state index contributed by atoms with van der Waals surface area (Å²) in [4.78, 5) is 16.8. The number of aryl methyl sites for hydroxylation is 1. The molecule has 2 unspecified atom stereocenters. The first-order valence-electron chi connectivity index (χ1n) is 13.0. The second-order valence-corrected chi connectivity index (χ2v) is 10.5. The van der Waals surface area contributed by atoms with Gasteiger partial charge in [-0.15, -0.1) is 0 Å². The Morgan fingerprint density at radius 3 is 2.82 bits per heavy atom. The van der Waals surface area contributed by atoms with Crippen LogP contribution in [0.4, 0.5) is 23.1 Å². The van der Waals surface area contributed by atoms with E-state index in [0.29, 0.717) is 41.5 Å². The summed E-state index contributed by atoms with van der Waals surface area (Å²) >= 11 is 0. The van der Waals surface area contributed by atoms with Crippen molar-refractivity contribution in [2.24, 2.45) is 11.8 Å². The number of aliphatic hydroxyl groups is 1. The lowest BCUT2D eigenvalue weighted by Gasteiger charge is -2.62. The maximum atomic E-state index is 11.4. The lowest BCUT2D eigenvalue weighted by Crippen LogP contribution is -2.65. The van der Waals surface area contributed by atoms with Gasteiger partial charge in [0.05, 0.1) is 29.2 Å². The third-order valence-corrected chi connectivity index (χ3v) is 8.06. The van der Waals surface area contributed by atoms with Crippen LogP contribution in [0.3, 0.4) is 0 Å². The molecule has 0 spiro atoms. The van der Waals surface area contributed by atoms with Crippen molar-refractivity contribution in [3.8, 4) is 0 Å². The second kappa shape index (κ2) is 6.22. The molecule has 0 aromatic carbocycles. The highest BCUT2D eigenvalue weighted by molar-refractivity contribution is 5.81. The molecule has 2 atom stereocenters. The SMILES string of the molecule is [2H]C([2H])([2H])N1C(=C)N(C23CC4CC(CC(O)(C4)C2)C3)c2nc(Nc3cn4ncnc4cc3C)ncc21. The van der Waals surface area contributed by atoms with E-state index in [-0.39, 0.29) is 0 Å². The summed E-state index contributed by atoms with van der Waals surface area (Å²) in [6.45, 7) is 3.76. The van der Waals surface area contributed by atoms with Crippen LogP contribution < -0.4 is 15.1 Å². The van der Waals surface area contributed by atoms with Gasteiger partial charge in [0.25, 0.3) is 0 Å². The monoisotopic (exact) mass is 447 g/mol. The van der Waals surface area contributed by atoms with Crippen molar-refractivity contribution in [3.63, 3.8) is 0 Å². The van der Waals surface area contributed by atoms with E-state index in [1.807, 2.05) is 24.1 Å². The summed E-state index contributed by atoms with van der Waals surface area (Å²) in [7, 11) is 0. The van der Waals surface area contributed by atoms with Crippen LogP contribution in [0.5, 0.6) is 0 Å². The molecule has 9 nitrogen and oxygen atoms in total. The summed E-state index contributed by atoms with van der Waals surface area (Å²) in [5.41, 5.74) is 1.75. The van der Waals surface area contributed by atoms with Crippen molar-refractivity contribution in [2.45, 2.75) is 56.6 Å². The van der Waals surface area contributed by atoms with Crippen LogP contribution >= 0.6 is 0 Å². The van der Waals surface area contributed by atoms with Gasteiger partial charge in [0.1, 0.15) is 17.8 Å². The van der Waals surface area contributed by atoms with Crippen LogP contribution in [0.2, 0.25) is 0 Å². The minimum absolute atomic E-state index is 0.352. The average molecular weight is 448 g/mol. The minimum atomic E-state index is -2.44. The maximum Gasteiger partial charge on any atom is 0.229 e. The van der Waals surface area contributed by atoms with Gasteiger partial charge in [-0.25, -0.2) is 14.5 Å². The third kappa shape index (κ3) is 2.68. The Hall–Kier alpha value is -3.20. The Bertz CT molecular complexity index is 1400. The van der Waals surface area contributed by atoms with Gasteiger partial charge >= 0.3 is 0 Å². The van der Waals surface area contributed by atoms with E-state index in [2.05, 4.69) is 27.0 Å². The van der Waals surface area contributed by atoms with Crippen molar-refractivity contribution in [1.29, 1.82) is 0 Å². The first kappa shape index (κ1) is 16.4. The molecule has 170 valence electrons. The van der Waals surface area contributed by atoms with Gasteiger partial charge in [-0.1, -0.05) is 6.58 Å². The predicted molar refractivity (Wildman–Crippen MR) is 125 cm³/mol. The largest absolute Gasteiger partial charge is 0.390 e. The normalized spacial score (nSPS) is 33.9. The molecule has 4 saturated carbocycles. The van der Waals surface area contributed by atoms with E-state index in [4.69, 9.17) is 9.10 Å². The molecular weight excluding hydrogens is 416 g/mol. The molecule has 4 bridgehead atoms. The van der Waals surface area contributed by atoms with Gasteiger partial charge in [0.15, 0.2) is 11.5 Å². The zero-order chi connectivity index (χ0) is 25.0. The molecule has 0 saturated heterocycles. The van der Waals surface area contributed by atoms with Crippen LogP contribution in [-0.2, 0) is 0 Å². The lowest BCUT2D eigenvalue weighted by atomic mass is 9.50. The zero-order valence-corrected chi connectivity index (χ0v) is 18.5. The maximum absolute atomic E-state index is 11.4. The van der Waals surface area contributed by atoms with E-state index in [1.54, 1.807) is 10.7 Å². The fraction of sp³-hybridized carbons (Fsp3) is 0.500. The van der Waals surface area contributed by atoms with Crippen LogP contribution in [0.1, 0.15) is 48.2 Å². The van der Waals surface area contributed by atoms with Crippen LogP contribution in [0, 0.1) is 18.8 Å². The molecule has 4 aliphatic carbocycles. The molecule has 0 amide bonds. The summed E-state index contributed by atoms with van der Waals surface area (Å²) < 4.78 is 26.3. The topological polar surface area (TPSA) is 94.7 Å². The van der Waals surface area contributed by atoms with E-state index in [1.165, 1.54) is 11.2 Å². The van der Waals surface area contributed by atoms with Crippen molar-refractivity contribution >= 4 is 28.8 Å². The third-order valence-electron chi connectivity index (χ3n) is 8.06. The van der Waals surface area contributed by atoms with E-state index < -0.39 is 18.1 Å². The lowest BCUT2D eigenvalue weighted by molar-refractivity contribution is -0.133. The van der Waals surface area contributed by atoms with Crippen molar-refractivity contribution in [1.82, 2.24) is 24.6 Å². The highest BCUT2D eigenvalue weighted by atomic mass is 16.3. The quantitative estimate of drug-likeness (QED) is 0.631. The number of nitrogens with one attached hydrogen (secondary N) is 1. The molecule has 2 N–H and O–H groups in total. The van der Waals surface area contributed by atoms with Crippen molar-refractivity contribution in [3.05, 3.63) is 42.8 Å². The van der Waals surface area contributed by atoms with Crippen molar-refractivity contribution < 1.29 is 9.22 Å². The fourth-order valence-electron chi connectivity index (χ4n) is 7.25. The number of fused-ring (bicyclic) bond motifs is 2. The highest BCUT2D eigenvalue weighted by Gasteiger charge is 2.61. The molecule has 8 rings (SSSR count). The van der Waals surface area contributed by atoms with Gasteiger partial charge in [-0.3, -0.25) is 0 Å². The number of nitrogens with zero attached hydrogens (tertiary/aromatic N) is 7. The molecule has 4 heterocycles. The molecule has 33 heavy (non-hydrogen) atoms. The summed E-state index contributed by atoms with van der Waals surface area (Å²) in [6.07, 6.45) is 10.0. The Labute approximate surface area is 196 Å². The summed E-state index contributed by atoms with van der Waals surface area (Å²) in [5, 5.41) is 18.9. The molecule has 1 aliphatic heterocycles. The molecule has 9 heteroatoms. The van der Waals surface area contributed by atoms with Crippen LogP contribution in [0.15, 0.2) is 37.2 Å². The highest BCUT2D eigenvalue weighted by Crippen LogP contribution is 2.62. The van der Waals surface area contributed by atoms with Crippen molar-refractivity contribution in [2.75, 3.05) is 22.1 Å². The molecule has 4 fully saturated rings. The van der Waals surface area contributed by atoms with E-state index in [9.17, 15) is 5.11 Å². The Morgan fingerprint density at radius 2 is 2.06 bits per heavy atom. The number of aromatic nitrogens is 5. The van der Waals surface area contributed by atoms with Gasteiger partial charge < -0.3 is 20.2 Å². The predicted octanol–water partition coefficient (Wildman–Crippen LogP) is 3.38. The Kier molecular flexibility index (Phi) is 3.10. The second-order valence-electron chi connectivity index (χ2n) is 10.5. The first-order valence-corrected chi connectivity index (χ1v) is 11.5. The molecular formula is C24H28N8O. The fourth-order valence-corrected chi connectivity index (χ4v) is 7.25. The average Bonchev–Trinajstić information content (AvgIpc) is 3.32. The van der Waals surface area contributed by atoms with Crippen LogP contribution in [-0.4, -0.2) is 47.8 Å². The van der Waals surface area contributed by atoms with Gasteiger partial charge in [0, 0.05) is 11.1 Å². The first-order chi connectivity index (χ1) is 17.0. The zero-order valence-electron chi connectivity index (χ0n) is 21.5. The summed E-state index contributed by atoms with van der Waals surface area (Å²) in [5.74, 6) is 2.10. The van der Waals surface area contributed by atoms with Gasteiger partial charge in [0.2, 0.25) is 5.95 Å². The summed E-state index contributed by atoms with van der Waals surface area (Å²) in [6, 6.07) is 1.92. The Morgan fingerprint density at radius 1 is 1.24 bits per heavy atom. The number of hydrogen-bond donors (Lipinski definition) is 2. The molecule has 5 aliphatic rings. The molecule has 3 aromatic rings. The van der Waals surface area contributed by atoms with E-state index in [0.717, 1.165) is 49.0 Å². The standard InChI is InChI=1S/C24H28N8O/c1-14-4-20-26-13-27-31(20)11-18(14)28-22-25-10-19-21(29-22)32(15(2)30(19)3)23-6-16-5-17(7-23)9-24(33,8-16)12-23/h4,10-11,13,16-17,33H,2,5-9,12H2,1,3H3,(H,25,28,29)/i3D3. The number of rotatable bonds is 3.